The van der Waals surface area contributed by atoms with E-state index in [2.05, 4.69) is 5.32 Å². The summed E-state index contributed by atoms with van der Waals surface area (Å²) in [4.78, 5) is 28.3. The molecule has 39 heavy (non-hydrogen) atoms. The minimum atomic E-state index is -4.15. The molecule has 2 amide bonds. The van der Waals surface area contributed by atoms with Gasteiger partial charge in [0.25, 0.3) is 10.0 Å². The van der Waals surface area contributed by atoms with E-state index in [-0.39, 0.29) is 29.1 Å². The van der Waals surface area contributed by atoms with Crippen molar-refractivity contribution in [3.8, 4) is 11.5 Å². The monoisotopic (exact) mass is 553 g/mol. The van der Waals surface area contributed by atoms with Crippen LogP contribution in [0.25, 0.3) is 0 Å². The zero-order chi connectivity index (χ0) is 28.6. The van der Waals surface area contributed by atoms with Gasteiger partial charge in [-0.2, -0.15) is 0 Å². The number of nitrogens with zero attached hydrogens (tertiary/aromatic N) is 2. The number of carbonyl (C=O) groups is 2. The maximum Gasteiger partial charge on any atom is 0.264 e. The molecule has 1 atom stereocenters. The van der Waals surface area contributed by atoms with Crippen LogP contribution in [0, 0.1) is 0 Å². The van der Waals surface area contributed by atoms with Crippen LogP contribution in [0.2, 0.25) is 0 Å². The molecule has 0 radical (unpaired) electrons. The van der Waals surface area contributed by atoms with Gasteiger partial charge in [0.1, 0.15) is 24.1 Å². The number of benzene rings is 3. The lowest BCUT2D eigenvalue weighted by Crippen LogP contribution is -2.52. The number of sulfonamides is 1. The molecule has 3 aromatic rings. The second-order valence-corrected chi connectivity index (χ2v) is 11.1. The number of hydrogen-bond acceptors (Lipinski definition) is 6. The van der Waals surface area contributed by atoms with Gasteiger partial charge < -0.3 is 19.7 Å². The van der Waals surface area contributed by atoms with E-state index >= 15 is 0 Å². The third-order valence-electron chi connectivity index (χ3n) is 6.04. The molecule has 1 unspecified atom stereocenters. The van der Waals surface area contributed by atoms with Gasteiger partial charge in [0.15, 0.2) is 0 Å². The van der Waals surface area contributed by atoms with Gasteiger partial charge in [-0.15, -0.1) is 0 Å². The summed E-state index contributed by atoms with van der Waals surface area (Å²) < 4.78 is 39.3. The first-order chi connectivity index (χ1) is 18.6. The van der Waals surface area contributed by atoms with Crippen LogP contribution in [0.1, 0.15) is 26.3 Å². The number of nitrogens with one attached hydrogen (secondary N) is 1. The highest BCUT2D eigenvalue weighted by Gasteiger charge is 2.32. The van der Waals surface area contributed by atoms with Gasteiger partial charge in [0, 0.05) is 18.7 Å². The van der Waals surface area contributed by atoms with Crippen molar-refractivity contribution >= 4 is 27.5 Å². The van der Waals surface area contributed by atoms with Gasteiger partial charge in [-0.25, -0.2) is 8.42 Å². The highest BCUT2D eigenvalue weighted by Crippen LogP contribution is 2.27. The van der Waals surface area contributed by atoms with Crippen LogP contribution in [0.3, 0.4) is 0 Å². The van der Waals surface area contributed by atoms with E-state index in [1.165, 1.54) is 24.1 Å². The van der Waals surface area contributed by atoms with E-state index in [4.69, 9.17) is 9.47 Å². The van der Waals surface area contributed by atoms with Gasteiger partial charge in [-0.05, 0) is 62.7 Å². The molecule has 0 aliphatic carbocycles. The lowest BCUT2D eigenvalue weighted by Gasteiger charge is -2.32. The fourth-order valence-electron chi connectivity index (χ4n) is 3.97. The van der Waals surface area contributed by atoms with Crippen molar-refractivity contribution < 1.29 is 27.5 Å². The second kappa shape index (κ2) is 13.1. The predicted molar refractivity (Wildman–Crippen MR) is 150 cm³/mol. The quantitative estimate of drug-likeness (QED) is 0.365. The summed E-state index contributed by atoms with van der Waals surface area (Å²) in [7, 11) is -1.13. The lowest BCUT2D eigenvalue weighted by atomic mass is 10.1. The van der Waals surface area contributed by atoms with E-state index in [0.717, 1.165) is 9.87 Å². The Morgan fingerprint density at radius 1 is 0.846 bits per heavy atom. The van der Waals surface area contributed by atoms with E-state index in [1.54, 1.807) is 74.7 Å². The van der Waals surface area contributed by atoms with Crippen molar-refractivity contribution in [2.24, 2.45) is 0 Å². The highest BCUT2D eigenvalue weighted by molar-refractivity contribution is 7.92. The number of methoxy groups -OCH3 is 2. The van der Waals surface area contributed by atoms with Crippen molar-refractivity contribution in [3.05, 3.63) is 84.4 Å². The van der Waals surface area contributed by atoms with Gasteiger partial charge in [-0.1, -0.05) is 36.4 Å². The molecule has 0 fully saturated rings. The molecule has 0 spiro atoms. The Labute approximate surface area is 230 Å². The molecule has 0 aliphatic heterocycles. The number of amides is 2. The van der Waals surface area contributed by atoms with Crippen LogP contribution < -0.4 is 19.1 Å². The molecule has 3 aromatic carbocycles. The van der Waals surface area contributed by atoms with E-state index in [9.17, 15) is 18.0 Å². The number of hydrogen-bond donors (Lipinski definition) is 1. The van der Waals surface area contributed by atoms with Crippen molar-refractivity contribution in [2.75, 3.05) is 25.1 Å². The summed E-state index contributed by atoms with van der Waals surface area (Å²) in [6.07, 6.45) is 0. The molecule has 208 valence electrons. The topological polar surface area (TPSA) is 105 Å². The Bertz CT molecular complexity index is 1380. The van der Waals surface area contributed by atoms with Gasteiger partial charge in [0.2, 0.25) is 11.8 Å². The molecule has 9 nitrogen and oxygen atoms in total. The summed E-state index contributed by atoms with van der Waals surface area (Å²) in [5, 5.41) is 2.84. The van der Waals surface area contributed by atoms with Crippen LogP contribution in [0.4, 0.5) is 5.69 Å². The molecule has 0 aliphatic rings. The molecule has 0 saturated heterocycles. The first kappa shape index (κ1) is 29.5. The smallest absolute Gasteiger partial charge is 0.264 e. The molecule has 10 heteroatoms. The predicted octanol–water partition coefficient (Wildman–Crippen LogP) is 3.84. The first-order valence-corrected chi connectivity index (χ1v) is 14.0. The summed E-state index contributed by atoms with van der Waals surface area (Å²) in [6.45, 7) is 4.82. The molecule has 0 aromatic heterocycles. The minimum absolute atomic E-state index is 0.0329. The summed E-state index contributed by atoms with van der Waals surface area (Å²) in [5.74, 6) is 0.140. The number of carbonyl (C=O) groups excluding carboxylic acids is 2. The average molecular weight is 554 g/mol. The molecule has 0 saturated carbocycles. The number of rotatable bonds is 12. The fourth-order valence-corrected chi connectivity index (χ4v) is 5.40. The molecular weight excluding hydrogens is 518 g/mol. The zero-order valence-electron chi connectivity index (χ0n) is 22.8. The highest BCUT2D eigenvalue weighted by atomic mass is 32.2. The molecular formula is C29H35N3O6S. The van der Waals surface area contributed by atoms with Crippen LogP contribution in [-0.2, 0) is 26.2 Å². The van der Waals surface area contributed by atoms with Crippen LogP contribution >= 0.6 is 0 Å². The Kier molecular flexibility index (Phi) is 9.95. The largest absolute Gasteiger partial charge is 0.497 e. The van der Waals surface area contributed by atoms with E-state index in [1.807, 2.05) is 19.9 Å². The molecule has 3 rings (SSSR count). The Morgan fingerprint density at radius 2 is 1.46 bits per heavy atom. The van der Waals surface area contributed by atoms with Gasteiger partial charge in [-0.3, -0.25) is 13.9 Å². The standard InChI is InChI=1S/C29H35N3O6S/c1-21(2)30-29(34)22(3)31(19-23-11-9-13-25(17-23)37-4)28(33)20-32(24-12-10-14-26(18-24)38-5)39(35,36)27-15-7-6-8-16-27/h6-18,21-22H,19-20H2,1-5H3,(H,30,34). The van der Waals surface area contributed by atoms with Gasteiger partial charge >= 0.3 is 0 Å². The van der Waals surface area contributed by atoms with Crippen LogP contribution in [0.5, 0.6) is 11.5 Å². The summed E-state index contributed by atoms with van der Waals surface area (Å²) in [5.41, 5.74) is 0.984. The van der Waals surface area contributed by atoms with E-state index in [0.29, 0.717) is 11.5 Å². The molecule has 0 bridgehead atoms. The SMILES string of the molecule is COc1cccc(CN(C(=O)CN(c2cccc(OC)c2)S(=O)(=O)c2ccccc2)C(C)C(=O)NC(C)C)c1. The number of ether oxygens (including phenoxy) is 2. The van der Waals surface area contributed by atoms with Gasteiger partial charge in [0.05, 0.1) is 24.8 Å². The Morgan fingerprint density at radius 3 is 2.08 bits per heavy atom. The lowest BCUT2D eigenvalue weighted by molar-refractivity contribution is -0.139. The maximum absolute atomic E-state index is 13.9. The normalized spacial score (nSPS) is 11.9. The maximum atomic E-state index is 13.9. The second-order valence-electron chi connectivity index (χ2n) is 9.24. The van der Waals surface area contributed by atoms with Crippen molar-refractivity contribution in [1.29, 1.82) is 0 Å². The first-order valence-electron chi connectivity index (χ1n) is 12.5. The average Bonchev–Trinajstić information content (AvgIpc) is 2.94. The zero-order valence-corrected chi connectivity index (χ0v) is 23.6. The number of anilines is 1. The minimum Gasteiger partial charge on any atom is -0.497 e. The van der Waals surface area contributed by atoms with Crippen LogP contribution in [-0.4, -0.2) is 58.0 Å². The van der Waals surface area contributed by atoms with Crippen molar-refractivity contribution in [1.82, 2.24) is 10.2 Å². The Hall–Kier alpha value is -4.05. The third-order valence-corrected chi connectivity index (χ3v) is 7.82. The third kappa shape index (κ3) is 7.51. The molecule has 1 N–H and O–H groups in total. The fraction of sp³-hybridized carbons (Fsp3) is 0.310. The Balaban J connectivity index is 2.04. The summed E-state index contributed by atoms with van der Waals surface area (Å²) in [6, 6.07) is 20.5. The van der Waals surface area contributed by atoms with Crippen molar-refractivity contribution in [3.63, 3.8) is 0 Å². The van der Waals surface area contributed by atoms with E-state index < -0.39 is 28.5 Å². The van der Waals surface area contributed by atoms with Crippen molar-refractivity contribution in [2.45, 2.75) is 44.3 Å². The molecule has 0 heterocycles. The van der Waals surface area contributed by atoms with Crippen LogP contribution in [0.15, 0.2) is 83.8 Å². The summed E-state index contributed by atoms with van der Waals surface area (Å²) >= 11 is 0.